The molecular formula is C11H15NO5. The molecule has 2 fully saturated rings. The van der Waals surface area contributed by atoms with E-state index in [0.717, 1.165) is 0 Å². The standard InChI is InChI=1S/C11H15NO5/c1-10(2)5-15-7(12-10)6-8(13)16-11(3,4)17-9(6)14/h12H,5H2,1-4H3. The van der Waals surface area contributed by atoms with Gasteiger partial charge in [-0.15, -0.1) is 0 Å². The molecule has 2 aliphatic heterocycles. The fourth-order valence-corrected chi connectivity index (χ4v) is 1.60. The third-order valence-corrected chi connectivity index (χ3v) is 2.34. The molecule has 0 aliphatic carbocycles. The first-order chi connectivity index (χ1) is 7.70. The molecule has 0 spiro atoms. The molecule has 2 rings (SSSR count). The molecule has 0 amide bonds. The Labute approximate surface area is 98.9 Å². The summed E-state index contributed by atoms with van der Waals surface area (Å²) in [4.78, 5) is 23.4. The van der Waals surface area contributed by atoms with Crippen molar-refractivity contribution in [1.29, 1.82) is 0 Å². The van der Waals surface area contributed by atoms with Gasteiger partial charge in [0.05, 0.1) is 5.54 Å². The molecule has 2 heterocycles. The summed E-state index contributed by atoms with van der Waals surface area (Å²) < 4.78 is 15.2. The number of cyclic esters (lactones) is 2. The predicted molar refractivity (Wildman–Crippen MR) is 56.5 cm³/mol. The van der Waals surface area contributed by atoms with Crippen molar-refractivity contribution in [2.75, 3.05) is 6.61 Å². The predicted octanol–water partition coefficient (Wildman–Crippen LogP) is 0.432. The van der Waals surface area contributed by atoms with Crippen molar-refractivity contribution in [2.45, 2.75) is 39.0 Å². The van der Waals surface area contributed by atoms with Gasteiger partial charge in [-0.1, -0.05) is 0 Å². The minimum absolute atomic E-state index is 0.125. The van der Waals surface area contributed by atoms with Crippen molar-refractivity contribution in [3.63, 3.8) is 0 Å². The number of carbonyl (C=O) groups is 2. The molecule has 2 saturated heterocycles. The van der Waals surface area contributed by atoms with Gasteiger partial charge in [0.25, 0.3) is 5.79 Å². The Kier molecular flexibility index (Phi) is 2.34. The van der Waals surface area contributed by atoms with Gasteiger partial charge in [-0.3, -0.25) is 0 Å². The Morgan fingerprint density at radius 2 is 1.59 bits per heavy atom. The summed E-state index contributed by atoms with van der Waals surface area (Å²) in [7, 11) is 0. The number of hydrogen-bond acceptors (Lipinski definition) is 6. The van der Waals surface area contributed by atoms with Crippen LogP contribution in [-0.4, -0.2) is 29.9 Å². The van der Waals surface area contributed by atoms with Crippen LogP contribution >= 0.6 is 0 Å². The highest BCUT2D eigenvalue weighted by molar-refractivity contribution is 6.15. The molecule has 0 aromatic rings. The monoisotopic (exact) mass is 241 g/mol. The number of nitrogens with one attached hydrogen (secondary N) is 1. The Balaban J connectivity index is 2.31. The van der Waals surface area contributed by atoms with Crippen LogP contribution in [0, 0.1) is 0 Å². The average Bonchev–Trinajstić information content (AvgIpc) is 2.42. The first-order valence-corrected chi connectivity index (χ1v) is 5.32. The summed E-state index contributed by atoms with van der Waals surface area (Å²) in [6, 6.07) is 0. The molecule has 94 valence electrons. The molecule has 0 unspecified atom stereocenters. The third kappa shape index (κ3) is 2.20. The van der Waals surface area contributed by atoms with Crippen molar-refractivity contribution in [3.05, 3.63) is 11.5 Å². The third-order valence-electron chi connectivity index (χ3n) is 2.34. The second-order valence-electron chi connectivity index (χ2n) is 5.18. The van der Waals surface area contributed by atoms with Crippen LogP contribution in [0.1, 0.15) is 27.7 Å². The maximum atomic E-state index is 11.7. The normalized spacial score (nSPS) is 25.9. The van der Waals surface area contributed by atoms with Crippen LogP contribution in [0.15, 0.2) is 11.5 Å². The molecule has 17 heavy (non-hydrogen) atoms. The van der Waals surface area contributed by atoms with E-state index in [9.17, 15) is 9.59 Å². The Hall–Kier alpha value is -1.72. The van der Waals surface area contributed by atoms with E-state index in [2.05, 4.69) is 5.32 Å². The lowest BCUT2D eigenvalue weighted by Crippen LogP contribution is -2.43. The van der Waals surface area contributed by atoms with Gasteiger partial charge in [0, 0.05) is 13.8 Å². The van der Waals surface area contributed by atoms with Gasteiger partial charge in [0.15, 0.2) is 0 Å². The summed E-state index contributed by atoms with van der Waals surface area (Å²) in [5.41, 5.74) is -0.537. The van der Waals surface area contributed by atoms with Crippen LogP contribution in [0.3, 0.4) is 0 Å². The van der Waals surface area contributed by atoms with Gasteiger partial charge >= 0.3 is 11.9 Å². The van der Waals surface area contributed by atoms with Crippen molar-refractivity contribution >= 4 is 11.9 Å². The molecule has 0 aromatic carbocycles. The SMILES string of the molecule is CC1(C)COC(=C2C(=O)OC(C)(C)OC2=O)N1. The van der Waals surface area contributed by atoms with Crippen LogP contribution in [-0.2, 0) is 23.8 Å². The molecule has 0 atom stereocenters. The number of hydrogen-bond donors (Lipinski definition) is 1. The molecule has 2 aliphatic rings. The molecule has 0 saturated carbocycles. The van der Waals surface area contributed by atoms with E-state index in [0.29, 0.717) is 6.61 Å². The topological polar surface area (TPSA) is 73.9 Å². The van der Waals surface area contributed by atoms with Gasteiger partial charge < -0.3 is 19.5 Å². The van der Waals surface area contributed by atoms with Gasteiger partial charge in [-0.2, -0.15) is 0 Å². The van der Waals surface area contributed by atoms with E-state index >= 15 is 0 Å². The first kappa shape index (κ1) is 11.8. The lowest BCUT2D eigenvalue weighted by atomic mass is 10.1. The summed E-state index contributed by atoms with van der Waals surface area (Å²) in [5, 5.41) is 2.94. The number of rotatable bonds is 0. The summed E-state index contributed by atoms with van der Waals surface area (Å²) in [6.07, 6.45) is 0. The van der Waals surface area contributed by atoms with Gasteiger partial charge in [0.1, 0.15) is 6.61 Å². The van der Waals surface area contributed by atoms with Crippen LogP contribution in [0.4, 0.5) is 0 Å². The zero-order chi connectivity index (χ0) is 12.8. The molecule has 0 radical (unpaired) electrons. The molecule has 1 N–H and O–H groups in total. The maximum absolute atomic E-state index is 11.7. The Morgan fingerprint density at radius 3 is 2.00 bits per heavy atom. The molecule has 0 aromatic heterocycles. The molecule has 0 bridgehead atoms. The van der Waals surface area contributed by atoms with E-state index in [1.165, 1.54) is 13.8 Å². The zero-order valence-corrected chi connectivity index (χ0v) is 10.2. The zero-order valence-electron chi connectivity index (χ0n) is 10.2. The lowest BCUT2D eigenvalue weighted by molar-refractivity contribution is -0.222. The maximum Gasteiger partial charge on any atom is 0.354 e. The number of esters is 2. The Morgan fingerprint density at radius 1 is 1.06 bits per heavy atom. The van der Waals surface area contributed by atoms with Gasteiger partial charge in [-0.25, -0.2) is 9.59 Å². The number of ether oxygens (including phenoxy) is 3. The van der Waals surface area contributed by atoms with E-state index < -0.39 is 17.7 Å². The van der Waals surface area contributed by atoms with Crippen LogP contribution in [0.25, 0.3) is 0 Å². The van der Waals surface area contributed by atoms with Gasteiger partial charge in [-0.05, 0) is 13.8 Å². The quantitative estimate of drug-likeness (QED) is 0.376. The van der Waals surface area contributed by atoms with E-state index in [1.54, 1.807) is 0 Å². The highest BCUT2D eigenvalue weighted by atomic mass is 16.7. The molecule has 6 heteroatoms. The largest absolute Gasteiger partial charge is 0.476 e. The highest BCUT2D eigenvalue weighted by Crippen LogP contribution is 2.27. The summed E-state index contributed by atoms with van der Waals surface area (Å²) in [6.45, 7) is 7.15. The highest BCUT2D eigenvalue weighted by Gasteiger charge is 2.44. The fraction of sp³-hybridized carbons (Fsp3) is 0.636. The van der Waals surface area contributed by atoms with Gasteiger partial charge in [0.2, 0.25) is 11.5 Å². The van der Waals surface area contributed by atoms with E-state index in [4.69, 9.17) is 14.2 Å². The van der Waals surface area contributed by atoms with Crippen molar-refractivity contribution in [2.24, 2.45) is 0 Å². The second-order valence-corrected chi connectivity index (χ2v) is 5.18. The minimum Gasteiger partial charge on any atom is -0.476 e. The molecular weight excluding hydrogens is 226 g/mol. The van der Waals surface area contributed by atoms with Crippen LogP contribution < -0.4 is 5.32 Å². The Bertz CT molecular complexity index is 400. The van der Waals surface area contributed by atoms with Crippen LogP contribution in [0.2, 0.25) is 0 Å². The number of carbonyl (C=O) groups excluding carboxylic acids is 2. The lowest BCUT2D eigenvalue weighted by Gasteiger charge is -2.30. The van der Waals surface area contributed by atoms with Crippen LogP contribution in [0.5, 0.6) is 0 Å². The van der Waals surface area contributed by atoms with Crippen molar-refractivity contribution in [3.8, 4) is 0 Å². The van der Waals surface area contributed by atoms with E-state index in [1.807, 2.05) is 13.8 Å². The summed E-state index contributed by atoms with van der Waals surface area (Å²) >= 11 is 0. The van der Waals surface area contributed by atoms with E-state index in [-0.39, 0.29) is 17.0 Å². The molecule has 6 nitrogen and oxygen atoms in total. The smallest absolute Gasteiger partial charge is 0.354 e. The fourth-order valence-electron chi connectivity index (χ4n) is 1.60. The minimum atomic E-state index is -1.23. The average molecular weight is 241 g/mol. The second kappa shape index (κ2) is 3.38. The first-order valence-electron chi connectivity index (χ1n) is 5.32. The summed E-state index contributed by atoms with van der Waals surface area (Å²) in [5.74, 6) is -2.56. The van der Waals surface area contributed by atoms with Crippen molar-refractivity contribution < 1.29 is 23.8 Å². The van der Waals surface area contributed by atoms with Crippen molar-refractivity contribution in [1.82, 2.24) is 5.32 Å².